The maximum atomic E-state index is 9.00. The van der Waals surface area contributed by atoms with E-state index in [1.165, 1.54) is 0 Å². The lowest BCUT2D eigenvalue weighted by Crippen LogP contribution is -2.31. The van der Waals surface area contributed by atoms with Crippen LogP contribution in [0.1, 0.15) is 5.69 Å². The third-order valence-corrected chi connectivity index (χ3v) is 3.03. The van der Waals surface area contributed by atoms with E-state index < -0.39 is 5.79 Å². The minimum Gasteiger partial charge on any atom is -0.394 e. The molecule has 4 nitrogen and oxygen atoms in total. The molecular formula is C10H12BrNO3. The van der Waals surface area contributed by atoms with Gasteiger partial charge in [0, 0.05) is 6.20 Å². The van der Waals surface area contributed by atoms with Crippen molar-refractivity contribution in [3.8, 4) is 0 Å². The van der Waals surface area contributed by atoms with Crippen molar-refractivity contribution in [2.24, 2.45) is 0 Å². The van der Waals surface area contributed by atoms with E-state index in [0.717, 1.165) is 5.69 Å². The molecule has 1 aromatic heterocycles. The summed E-state index contributed by atoms with van der Waals surface area (Å²) in [7, 11) is 0. The molecule has 2 atom stereocenters. The fourth-order valence-electron chi connectivity index (χ4n) is 1.52. The molecular weight excluding hydrogens is 262 g/mol. The minimum atomic E-state index is -0.853. The fourth-order valence-corrected chi connectivity index (χ4v) is 2.10. The van der Waals surface area contributed by atoms with Gasteiger partial charge in [0.1, 0.15) is 11.8 Å². The Bertz CT molecular complexity index is 322. The lowest BCUT2D eigenvalue weighted by atomic mass is 10.2. The molecule has 1 aliphatic rings. The van der Waals surface area contributed by atoms with Crippen LogP contribution in [0.4, 0.5) is 0 Å². The number of ether oxygens (including phenoxy) is 2. The number of pyridine rings is 1. The molecule has 15 heavy (non-hydrogen) atoms. The number of nitrogens with zero attached hydrogens (tertiary/aromatic N) is 1. The van der Waals surface area contributed by atoms with E-state index in [9.17, 15) is 0 Å². The van der Waals surface area contributed by atoms with Gasteiger partial charge in [0.15, 0.2) is 0 Å². The molecule has 1 saturated heterocycles. The second-order valence-corrected chi connectivity index (χ2v) is 3.90. The maximum absolute atomic E-state index is 9.00. The highest BCUT2D eigenvalue weighted by atomic mass is 79.9. The first-order valence-electron chi connectivity index (χ1n) is 4.71. The summed E-state index contributed by atoms with van der Waals surface area (Å²) in [6, 6.07) is 5.57. The van der Waals surface area contributed by atoms with Crippen LogP contribution in [0.15, 0.2) is 24.4 Å². The summed E-state index contributed by atoms with van der Waals surface area (Å²) < 4.78 is 11.2. The number of alkyl halides is 1. The Kier molecular flexibility index (Phi) is 3.35. The lowest BCUT2D eigenvalue weighted by Gasteiger charge is -2.24. The molecule has 1 aromatic rings. The van der Waals surface area contributed by atoms with Crippen LogP contribution in [0.5, 0.6) is 0 Å². The molecule has 0 spiro atoms. The van der Waals surface area contributed by atoms with Crippen LogP contribution < -0.4 is 0 Å². The summed E-state index contributed by atoms with van der Waals surface area (Å²) in [6.45, 7) is 0.347. The Morgan fingerprint density at radius 3 is 3.00 bits per heavy atom. The molecule has 82 valence electrons. The van der Waals surface area contributed by atoms with Gasteiger partial charge in [-0.25, -0.2) is 0 Å². The van der Waals surface area contributed by atoms with Gasteiger partial charge in [-0.1, -0.05) is 22.0 Å². The fraction of sp³-hybridized carbons (Fsp3) is 0.500. The average Bonchev–Trinajstić information content (AvgIpc) is 2.75. The number of aliphatic hydroxyl groups excluding tert-OH is 1. The second-order valence-electron chi connectivity index (χ2n) is 3.33. The van der Waals surface area contributed by atoms with Crippen molar-refractivity contribution in [3.63, 3.8) is 0 Å². The molecule has 2 heterocycles. The summed E-state index contributed by atoms with van der Waals surface area (Å²) in [6.07, 6.45) is 1.42. The van der Waals surface area contributed by atoms with Gasteiger partial charge < -0.3 is 14.6 Å². The molecule has 1 fully saturated rings. The third kappa shape index (κ3) is 2.06. The summed E-state index contributed by atoms with van der Waals surface area (Å²) in [5.41, 5.74) is 0.720. The zero-order valence-electron chi connectivity index (χ0n) is 8.10. The van der Waals surface area contributed by atoms with Crippen molar-refractivity contribution in [2.45, 2.75) is 11.9 Å². The number of rotatable bonds is 3. The van der Waals surface area contributed by atoms with E-state index in [4.69, 9.17) is 14.6 Å². The van der Waals surface area contributed by atoms with Gasteiger partial charge in [0.25, 0.3) is 0 Å². The van der Waals surface area contributed by atoms with Gasteiger partial charge in [-0.2, -0.15) is 0 Å². The zero-order valence-corrected chi connectivity index (χ0v) is 9.68. The smallest absolute Gasteiger partial charge is 0.222 e. The van der Waals surface area contributed by atoms with Crippen LogP contribution >= 0.6 is 15.9 Å². The van der Waals surface area contributed by atoms with Crippen molar-refractivity contribution in [2.75, 3.05) is 18.5 Å². The van der Waals surface area contributed by atoms with Crippen molar-refractivity contribution >= 4 is 15.9 Å². The lowest BCUT2D eigenvalue weighted by molar-refractivity contribution is -0.163. The molecule has 0 bridgehead atoms. The first-order chi connectivity index (χ1) is 7.30. The Morgan fingerprint density at radius 2 is 2.47 bits per heavy atom. The number of aromatic nitrogens is 1. The summed E-state index contributed by atoms with van der Waals surface area (Å²) in [4.78, 5) is 4.21. The molecule has 1 aliphatic heterocycles. The van der Waals surface area contributed by atoms with Crippen LogP contribution in [0.3, 0.4) is 0 Å². The van der Waals surface area contributed by atoms with Crippen molar-refractivity contribution in [1.29, 1.82) is 0 Å². The highest BCUT2D eigenvalue weighted by Gasteiger charge is 2.43. The summed E-state index contributed by atoms with van der Waals surface area (Å²) >= 11 is 3.36. The SMILES string of the molecule is OC[C@H]1CO[C@@](CBr)(c2ccccn2)O1. The van der Waals surface area contributed by atoms with E-state index in [1.807, 2.05) is 18.2 Å². The van der Waals surface area contributed by atoms with Crippen molar-refractivity contribution < 1.29 is 14.6 Å². The molecule has 2 rings (SSSR count). The van der Waals surface area contributed by atoms with Gasteiger partial charge in [0.2, 0.25) is 5.79 Å². The minimum absolute atomic E-state index is 0.0401. The summed E-state index contributed by atoms with van der Waals surface area (Å²) in [5, 5.41) is 9.49. The van der Waals surface area contributed by atoms with Gasteiger partial charge in [-0.05, 0) is 12.1 Å². The third-order valence-electron chi connectivity index (χ3n) is 2.29. The van der Waals surface area contributed by atoms with E-state index >= 15 is 0 Å². The first kappa shape index (κ1) is 11.0. The normalized spacial score (nSPS) is 30.7. The Balaban J connectivity index is 2.24. The van der Waals surface area contributed by atoms with Crippen LogP contribution in [0, 0.1) is 0 Å². The quantitative estimate of drug-likeness (QED) is 0.837. The molecule has 0 aliphatic carbocycles. The summed E-state index contributed by atoms with van der Waals surface area (Å²) in [5.74, 6) is -0.853. The Labute approximate surface area is 96.4 Å². The average molecular weight is 274 g/mol. The number of halogens is 1. The molecule has 0 unspecified atom stereocenters. The van der Waals surface area contributed by atoms with Crippen molar-refractivity contribution in [1.82, 2.24) is 4.98 Å². The monoisotopic (exact) mass is 273 g/mol. The molecule has 0 amide bonds. The van der Waals surface area contributed by atoms with Crippen LogP contribution in [-0.2, 0) is 15.3 Å². The van der Waals surface area contributed by atoms with Crippen molar-refractivity contribution in [3.05, 3.63) is 30.1 Å². The molecule has 0 aromatic carbocycles. The van der Waals surface area contributed by atoms with E-state index in [1.54, 1.807) is 6.20 Å². The van der Waals surface area contributed by atoms with Gasteiger partial charge in [0.05, 0.1) is 18.5 Å². The largest absolute Gasteiger partial charge is 0.394 e. The van der Waals surface area contributed by atoms with E-state index in [2.05, 4.69) is 20.9 Å². The zero-order chi connectivity index (χ0) is 10.7. The number of aliphatic hydroxyl groups is 1. The van der Waals surface area contributed by atoms with Crippen LogP contribution in [0.25, 0.3) is 0 Å². The standard InChI is InChI=1S/C10H12BrNO3/c11-7-10(9-3-1-2-4-12-9)14-6-8(5-13)15-10/h1-4,8,13H,5-7H2/t8-,10+/m0/s1. The van der Waals surface area contributed by atoms with E-state index in [-0.39, 0.29) is 12.7 Å². The van der Waals surface area contributed by atoms with E-state index in [0.29, 0.717) is 11.9 Å². The van der Waals surface area contributed by atoms with Gasteiger partial charge in [-0.3, -0.25) is 4.98 Å². The molecule has 0 saturated carbocycles. The number of hydrogen-bond acceptors (Lipinski definition) is 4. The second kappa shape index (κ2) is 4.57. The maximum Gasteiger partial charge on any atom is 0.222 e. The highest BCUT2D eigenvalue weighted by Crippen LogP contribution is 2.34. The van der Waals surface area contributed by atoms with Gasteiger partial charge >= 0.3 is 0 Å². The topological polar surface area (TPSA) is 51.6 Å². The predicted octanol–water partition coefficient (Wildman–Crippen LogP) is 1.04. The first-order valence-corrected chi connectivity index (χ1v) is 5.83. The van der Waals surface area contributed by atoms with Crippen LogP contribution in [-0.4, -0.2) is 34.7 Å². The molecule has 1 N–H and O–H groups in total. The Hall–Kier alpha value is -0.490. The Morgan fingerprint density at radius 1 is 1.60 bits per heavy atom. The molecule has 0 radical (unpaired) electrons. The molecule has 5 heteroatoms. The highest BCUT2D eigenvalue weighted by molar-refractivity contribution is 9.09. The van der Waals surface area contributed by atoms with Gasteiger partial charge in [-0.15, -0.1) is 0 Å². The van der Waals surface area contributed by atoms with Crippen LogP contribution in [0.2, 0.25) is 0 Å². The number of hydrogen-bond donors (Lipinski definition) is 1. The predicted molar refractivity (Wildman–Crippen MR) is 57.6 cm³/mol.